The summed E-state index contributed by atoms with van der Waals surface area (Å²) in [6.07, 6.45) is 1.97. The molecule has 3 aromatic carbocycles. The fourth-order valence-electron chi connectivity index (χ4n) is 4.76. The third kappa shape index (κ3) is 3.90. The number of amides is 2. The highest BCUT2D eigenvalue weighted by Crippen LogP contribution is 2.32. The number of imide groups is 1. The van der Waals surface area contributed by atoms with Gasteiger partial charge in [0.1, 0.15) is 0 Å². The highest BCUT2D eigenvalue weighted by atomic mass is 16.2. The van der Waals surface area contributed by atoms with Crippen molar-refractivity contribution in [2.24, 2.45) is 0 Å². The molecule has 2 heterocycles. The molecule has 5 rings (SSSR count). The summed E-state index contributed by atoms with van der Waals surface area (Å²) in [6, 6.07) is 28.3. The fourth-order valence-corrected chi connectivity index (χ4v) is 4.76. The van der Waals surface area contributed by atoms with Gasteiger partial charge in [-0.25, -0.2) is 0 Å². The summed E-state index contributed by atoms with van der Waals surface area (Å²) in [5, 5.41) is 0. The lowest BCUT2D eigenvalue weighted by atomic mass is 9.88. The summed E-state index contributed by atoms with van der Waals surface area (Å²) in [7, 11) is 0. The van der Waals surface area contributed by atoms with E-state index in [0.717, 1.165) is 25.9 Å². The molecule has 2 aliphatic rings. The standard InChI is InChI=1S/C28H26N2O2/c31-27-24-13-7-8-14-25(24)28(32)30(27)20-19-29-17-15-23(16-18-29)26(21-9-3-1-4-10-21)22-11-5-2-6-12-22/h1-14H,15-20H2. The number of nitrogens with zero attached hydrogens (tertiary/aromatic N) is 2. The Labute approximate surface area is 188 Å². The van der Waals surface area contributed by atoms with Gasteiger partial charge in [0.25, 0.3) is 11.8 Å². The van der Waals surface area contributed by atoms with E-state index in [9.17, 15) is 9.59 Å². The van der Waals surface area contributed by atoms with E-state index in [2.05, 4.69) is 65.6 Å². The van der Waals surface area contributed by atoms with E-state index >= 15 is 0 Å². The van der Waals surface area contributed by atoms with Crippen LogP contribution in [0.15, 0.2) is 90.5 Å². The van der Waals surface area contributed by atoms with Crippen LogP contribution in [0.25, 0.3) is 5.57 Å². The predicted molar refractivity (Wildman–Crippen MR) is 126 cm³/mol. The zero-order valence-corrected chi connectivity index (χ0v) is 18.0. The molecule has 1 fully saturated rings. The van der Waals surface area contributed by atoms with Crippen molar-refractivity contribution in [3.05, 3.63) is 113 Å². The molecule has 32 heavy (non-hydrogen) atoms. The van der Waals surface area contributed by atoms with Gasteiger partial charge in [-0.2, -0.15) is 0 Å². The van der Waals surface area contributed by atoms with Crippen molar-refractivity contribution in [3.8, 4) is 0 Å². The zero-order valence-electron chi connectivity index (χ0n) is 18.0. The Morgan fingerprint density at radius 1 is 0.625 bits per heavy atom. The van der Waals surface area contributed by atoms with Gasteiger partial charge in [0.05, 0.1) is 11.1 Å². The van der Waals surface area contributed by atoms with Crippen LogP contribution < -0.4 is 0 Å². The number of carbonyl (C=O) groups is 2. The lowest BCUT2D eigenvalue weighted by Crippen LogP contribution is -2.40. The van der Waals surface area contributed by atoms with Gasteiger partial charge < -0.3 is 4.90 Å². The van der Waals surface area contributed by atoms with E-state index in [1.54, 1.807) is 12.1 Å². The van der Waals surface area contributed by atoms with E-state index in [0.29, 0.717) is 24.2 Å². The Kier molecular flexibility index (Phi) is 5.70. The third-order valence-electron chi connectivity index (χ3n) is 6.46. The second kappa shape index (κ2) is 8.93. The monoisotopic (exact) mass is 422 g/mol. The third-order valence-corrected chi connectivity index (χ3v) is 6.46. The molecule has 3 aromatic rings. The number of carbonyl (C=O) groups excluding carboxylic acids is 2. The van der Waals surface area contributed by atoms with Crippen LogP contribution >= 0.6 is 0 Å². The summed E-state index contributed by atoms with van der Waals surface area (Å²) in [6.45, 7) is 3.02. The Morgan fingerprint density at radius 3 is 1.59 bits per heavy atom. The number of rotatable bonds is 5. The highest BCUT2D eigenvalue weighted by Gasteiger charge is 2.35. The Morgan fingerprint density at radius 2 is 1.09 bits per heavy atom. The average Bonchev–Trinajstić information content (AvgIpc) is 3.10. The molecule has 4 nitrogen and oxygen atoms in total. The molecule has 0 aromatic heterocycles. The van der Waals surface area contributed by atoms with Crippen LogP contribution in [0.5, 0.6) is 0 Å². The minimum atomic E-state index is -0.168. The first-order chi connectivity index (χ1) is 15.7. The van der Waals surface area contributed by atoms with E-state index in [-0.39, 0.29) is 11.8 Å². The Balaban J connectivity index is 1.28. The Bertz CT molecular complexity index is 1080. The SMILES string of the molecule is O=C1c2ccccc2C(=O)N1CCN1CCC(=C(c2ccccc2)c2ccccc2)CC1. The van der Waals surface area contributed by atoms with Gasteiger partial charge >= 0.3 is 0 Å². The number of benzene rings is 3. The van der Waals surface area contributed by atoms with Gasteiger partial charge in [0, 0.05) is 26.2 Å². The summed E-state index contributed by atoms with van der Waals surface area (Å²) in [5.74, 6) is -0.336. The molecular weight excluding hydrogens is 396 g/mol. The number of fused-ring (bicyclic) bond motifs is 1. The lowest BCUT2D eigenvalue weighted by molar-refractivity contribution is 0.0634. The molecule has 4 heteroatoms. The van der Waals surface area contributed by atoms with Crippen LogP contribution in [-0.4, -0.2) is 47.8 Å². The van der Waals surface area contributed by atoms with Crippen molar-refractivity contribution in [2.75, 3.05) is 26.2 Å². The maximum Gasteiger partial charge on any atom is 0.261 e. The maximum absolute atomic E-state index is 12.6. The summed E-state index contributed by atoms with van der Waals surface area (Å²) in [4.78, 5) is 29.0. The molecule has 0 N–H and O–H groups in total. The second-order valence-corrected chi connectivity index (χ2v) is 8.36. The smallest absolute Gasteiger partial charge is 0.261 e. The van der Waals surface area contributed by atoms with Crippen LogP contribution in [0.1, 0.15) is 44.7 Å². The molecule has 0 saturated carbocycles. The largest absolute Gasteiger partial charge is 0.301 e. The lowest BCUT2D eigenvalue weighted by Gasteiger charge is -2.31. The second-order valence-electron chi connectivity index (χ2n) is 8.36. The molecule has 0 unspecified atom stereocenters. The molecule has 1 saturated heterocycles. The quantitative estimate of drug-likeness (QED) is 0.550. The van der Waals surface area contributed by atoms with Crippen molar-refractivity contribution in [2.45, 2.75) is 12.8 Å². The summed E-state index contributed by atoms with van der Waals surface area (Å²) in [5.41, 5.74) is 6.38. The molecule has 2 aliphatic heterocycles. The van der Waals surface area contributed by atoms with Crippen LogP contribution in [0.2, 0.25) is 0 Å². The van der Waals surface area contributed by atoms with Crippen molar-refractivity contribution in [3.63, 3.8) is 0 Å². The zero-order chi connectivity index (χ0) is 21.9. The van der Waals surface area contributed by atoms with Crippen molar-refractivity contribution in [1.29, 1.82) is 0 Å². The van der Waals surface area contributed by atoms with Crippen molar-refractivity contribution >= 4 is 17.4 Å². The number of hydrogen-bond donors (Lipinski definition) is 0. The van der Waals surface area contributed by atoms with Gasteiger partial charge in [-0.3, -0.25) is 14.5 Å². The molecule has 0 spiro atoms. The van der Waals surface area contributed by atoms with Crippen LogP contribution in [-0.2, 0) is 0 Å². The van der Waals surface area contributed by atoms with Crippen LogP contribution in [0.4, 0.5) is 0 Å². The average molecular weight is 423 g/mol. The van der Waals surface area contributed by atoms with E-state index in [4.69, 9.17) is 0 Å². The van der Waals surface area contributed by atoms with Gasteiger partial charge in [-0.15, -0.1) is 0 Å². The summed E-state index contributed by atoms with van der Waals surface area (Å²) < 4.78 is 0. The van der Waals surface area contributed by atoms with Crippen LogP contribution in [0, 0.1) is 0 Å². The van der Waals surface area contributed by atoms with Crippen molar-refractivity contribution < 1.29 is 9.59 Å². The van der Waals surface area contributed by atoms with Gasteiger partial charge in [-0.1, -0.05) is 78.4 Å². The fraction of sp³-hybridized carbons (Fsp3) is 0.214. The van der Waals surface area contributed by atoms with Crippen LogP contribution in [0.3, 0.4) is 0 Å². The molecule has 0 radical (unpaired) electrons. The molecule has 2 amide bonds. The Hall–Kier alpha value is -3.50. The van der Waals surface area contributed by atoms with Gasteiger partial charge in [-0.05, 0) is 41.7 Å². The minimum Gasteiger partial charge on any atom is -0.301 e. The van der Waals surface area contributed by atoms with E-state index in [1.807, 2.05) is 12.1 Å². The first kappa shape index (κ1) is 20.4. The van der Waals surface area contributed by atoms with E-state index in [1.165, 1.54) is 27.2 Å². The van der Waals surface area contributed by atoms with Gasteiger partial charge in [0.2, 0.25) is 0 Å². The summed E-state index contributed by atoms with van der Waals surface area (Å²) >= 11 is 0. The van der Waals surface area contributed by atoms with Crippen molar-refractivity contribution in [1.82, 2.24) is 9.80 Å². The normalized spacial score (nSPS) is 16.4. The molecule has 160 valence electrons. The minimum absolute atomic E-state index is 0.168. The van der Waals surface area contributed by atoms with E-state index < -0.39 is 0 Å². The number of hydrogen-bond acceptors (Lipinski definition) is 3. The topological polar surface area (TPSA) is 40.6 Å². The molecule has 0 aliphatic carbocycles. The molecule has 0 bridgehead atoms. The number of likely N-dealkylation sites (tertiary alicyclic amines) is 1. The van der Waals surface area contributed by atoms with Gasteiger partial charge in [0.15, 0.2) is 0 Å². The maximum atomic E-state index is 12.6. The molecular formula is C28H26N2O2. The molecule has 0 atom stereocenters. The predicted octanol–water partition coefficient (Wildman–Crippen LogP) is 4.88. The first-order valence-electron chi connectivity index (χ1n) is 11.2. The number of piperidine rings is 1. The highest BCUT2D eigenvalue weighted by molar-refractivity contribution is 6.21. The first-order valence-corrected chi connectivity index (χ1v) is 11.2.